The average Bonchev–Trinajstić information content (AvgIpc) is 2.73. The zero-order valence-corrected chi connectivity index (χ0v) is 17.9. The van der Waals surface area contributed by atoms with E-state index in [9.17, 15) is 8.42 Å². The first-order valence-corrected chi connectivity index (χ1v) is 10.8. The third kappa shape index (κ3) is 4.54. The highest BCUT2D eigenvalue weighted by atomic mass is 32.2. The fourth-order valence-electron chi connectivity index (χ4n) is 3.19. The van der Waals surface area contributed by atoms with Crippen LogP contribution in [0, 0.1) is 6.92 Å². The van der Waals surface area contributed by atoms with Gasteiger partial charge in [-0.15, -0.1) is 0 Å². The van der Waals surface area contributed by atoms with Gasteiger partial charge in [0, 0.05) is 38.3 Å². The summed E-state index contributed by atoms with van der Waals surface area (Å²) in [5.41, 5.74) is 0. The molecule has 10 heteroatoms. The van der Waals surface area contributed by atoms with Crippen molar-refractivity contribution in [2.75, 3.05) is 51.9 Å². The number of hydrogen-bond acceptors (Lipinski definition) is 8. The minimum Gasteiger partial charge on any atom is -0.493 e. The van der Waals surface area contributed by atoms with Crippen molar-refractivity contribution in [3.63, 3.8) is 0 Å². The van der Waals surface area contributed by atoms with Crippen molar-refractivity contribution in [3.05, 3.63) is 30.1 Å². The van der Waals surface area contributed by atoms with Crippen molar-refractivity contribution in [3.8, 4) is 17.4 Å². The smallest absolute Gasteiger partial charge is 0.243 e. The van der Waals surface area contributed by atoms with Crippen LogP contribution in [0.15, 0.2) is 29.2 Å². The topological polar surface area (TPSA) is 94.1 Å². The first-order chi connectivity index (χ1) is 13.9. The zero-order chi connectivity index (χ0) is 21.0. The maximum atomic E-state index is 13.1. The molecule has 0 spiro atoms. The van der Waals surface area contributed by atoms with Gasteiger partial charge in [-0.2, -0.15) is 9.29 Å². The lowest BCUT2D eigenvalue weighted by Crippen LogP contribution is -2.49. The van der Waals surface area contributed by atoms with Crippen LogP contribution < -0.4 is 19.1 Å². The average molecular weight is 423 g/mol. The zero-order valence-electron chi connectivity index (χ0n) is 17.1. The number of anilines is 1. The Labute approximate surface area is 171 Å². The molecule has 0 N–H and O–H groups in total. The summed E-state index contributed by atoms with van der Waals surface area (Å²) in [5, 5.41) is 0. The summed E-state index contributed by atoms with van der Waals surface area (Å²) < 4.78 is 43.5. The number of aryl methyl sites for hydroxylation is 1. The summed E-state index contributed by atoms with van der Waals surface area (Å²) in [6.07, 6.45) is 0. The minimum atomic E-state index is -3.64. The van der Waals surface area contributed by atoms with Gasteiger partial charge in [0.1, 0.15) is 11.6 Å². The second-order valence-corrected chi connectivity index (χ2v) is 8.39. The van der Waals surface area contributed by atoms with E-state index < -0.39 is 10.0 Å². The number of sulfonamides is 1. The molecule has 1 fully saturated rings. The lowest BCUT2D eigenvalue weighted by Gasteiger charge is -2.34. The number of methoxy groups -OCH3 is 2. The van der Waals surface area contributed by atoms with Crippen LogP contribution in [0.5, 0.6) is 17.4 Å². The molecule has 1 aromatic carbocycles. The van der Waals surface area contributed by atoms with E-state index in [1.54, 1.807) is 12.1 Å². The molecule has 0 amide bonds. The standard InChI is InChI=1S/C19H26N4O5S/c1-5-28-19-13-18(20-14(2)21-19)22-8-10-23(11-9-22)29(24,25)15-6-7-16(26-3)17(12-15)27-4/h6-7,12-13H,5,8-11H2,1-4H3. The summed E-state index contributed by atoms with van der Waals surface area (Å²) in [6.45, 7) is 5.97. The Morgan fingerprint density at radius 1 is 1.00 bits per heavy atom. The van der Waals surface area contributed by atoms with Gasteiger partial charge in [0.05, 0.1) is 25.7 Å². The van der Waals surface area contributed by atoms with E-state index >= 15 is 0 Å². The van der Waals surface area contributed by atoms with E-state index in [4.69, 9.17) is 14.2 Å². The summed E-state index contributed by atoms with van der Waals surface area (Å²) >= 11 is 0. The van der Waals surface area contributed by atoms with Crippen LogP contribution in [0.1, 0.15) is 12.7 Å². The van der Waals surface area contributed by atoms with E-state index in [1.165, 1.54) is 30.7 Å². The molecule has 1 aliphatic heterocycles. The molecule has 0 radical (unpaired) electrons. The van der Waals surface area contributed by atoms with Gasteiger partial charge < -0.3 is 19.1 Å². The predicted octanol–water partition coefficient (Wildman–Crippen LogP) is 1.71. The summed E-state index contributed by atoms with van der Waals surface area (Å²) in [6, 6.07) is 6.41. The molecule has 3 rings (SSSR count). The molecule has 158 valence electrons. The van der Waals surface area contributed by atoms with Gasteiger partial charge in [-0.1, -0.05) is 0 Å². The number of rotatable bonds is 7. The fourth-order valence-corrected chi connectivity index (χ4v) is 4.63. The van der Waals surface area contributed by atoms with Crippen LogP contribution in [0.25, 0.3) is 0 Å². The first kappa shape index (κ1) is 21.1. The molecule has 0 bridgehead atoms. The van der Waals surface area contributed by atoms with E-state index in [1.807, 2.05) is 18.7 Å². The SMILES string of the molecule is CCOc1cc(N2CCN(S(=O)(=O)c3ccc(OC)c(OC)c3)CC2)nc(C)n1. The van der Waals surface area contributed by atoms with E-state index in [2.05, 4.69) is 9.97 Å². The van der Waals surface area contributed by atoms with Gasteiger partial charge in [-0.05, 0) is 26.0 Å². The molecule has 1 aromatic heterocycles. The molecule has 2 aromatic rings. The van der Waals surface area contributed by atoms with E-state index in [-0.39, 0.29) is 4.90 Å². The molecule has 9 nitrogen and oxygen atoms in total. The second kappa shape index (κ2) is 8.83. The van der Waals surface area contributed by atoms with Crippen LogP contribution >= 0.6 is 0 Å². The quantitative estimate of drug-likeness (QED) is 0.666. The Hall–Kier alpha value is -2.59. The Balaban J connectivity index is 1.75. The van der Waals surface area contributed by atoms with Gasteiger partial charge in [-0.3, -0.25) is 0 Å². The number of nitrogens with zero attached hydrogens (tertiary/aromatic N) is 4. The van der Waals surface area contributed by atoms with Crippen LogP contribution in [0.2, 0.25) is 0 Å². The highest BCUT2D eigenvalue weighted by Crippen LogP contribution is 2.31. The maximum absolute atomic E-state index is 13.1. The molecule has 1 saturated heterocycles. The number of ether oxygens (including phenoxy) is 3. The number of piperazine rings is 1. The van der Waals surface area contributed by atoms with Gasteiger partial charge in [0.15, 0.2) is 11.5 Å². The third-order valence-corrected chi connectivity index (χ3v) is 6.54. The largest absolute Gasteiger partial charge is 0.493 e. The molecule has 1 aliphatic rings. The van der Waals surface area contributed by atoms with Crippen molar-refractivity contribution in [2.45, 2.75) is 18.7 Å². The first-order valence-electron chi connectivity index (χ1n) is 9.34. The van der Waals surface area contributed by atoms with Gasteiger partial charge in [0.2, 0.25) is 15.9 Å². The summed E-state index contributed by atoms with van der Waals surface area (Å²) in [7, 11) is -0.646. The molecule has 2 heterocycles. The monoisotopic (exact) mass is 422 g/mol. The lowest BCUT2D eigenvalue weighted by atomic mass is 10.3. The Kier molecular flexibility index (Phi) is 6.43. The predicted molar refractivity (Wildman–Crippen MR) is 108 cm³/mol. The molecule has 0 saturated carbocycles. The van der Waals surface area contributed by atoms with E-state index in [0.717, 1.165) is 5.82 Å². The van der Waals surface area contributed by atoms with Crippen molar-refractivity contribution in [1.29, 1.82) is 0 Å². The van der Waals surface area contributed by atoms with Crippen LogP contribution in [0.3, 0.4) is 0 Å². The van der Waals surface area contributed by atoms with Crippen molar-refractivity contribution in [1.82, 2.24) is 14.3 Å². The molecule has 0 unspecified atom stereocenters. The van der Waals surface area contributed by atoms with Crippen molar-refractivity contribution < 1.29 is 22.6 Å². The van der Waals surface area contributed by atoms with Crippen molar-refractivity contribution in [2.24, 2.45) is 0 Å². The number of aromatic nitrogens is 2. The molecular weight excluding hydrogens is 396 g/mol. The third-order valence-electron chi connectivity index (χ3n) is 4.65. The normalized spacial score (nSPS) is 15.2. The molecule has 0 aliphatic carbocycles. The lowest BCUT2D eigenvalue weighted by molar-refractivity contribution is 0.325. The second-order valence-electron chi connectivity index (χ2n) is 6.45. The van der Waals surface area contributed by atoms with E-state index in [0.29, 0.717) is 56.0 Å². The number of benzene rings is 1. The highest BCUT2D eigenvalue weighted by Gasteiger charge is 2.30. The van der Waals surface area contributed by atoms with Crippen LogP contribution in [-0.4, -0.2) is 69.7 Å². The highest BCUT2D eigenvalue weighted by molar-refractivity contribution is 7.89. The Bertz CT molecular complexity index is 959. The molecular formula is C19H26N4O5S. The van der Waals surface area contributed by atoms with Crippen LogP contribution in [0.4, 0.5) is 5.82 Å². The van der Waals surface area contributed by atoms with Crippen molar-refractivity contribution >= 4 is 15.8 Å². The van der Waals surface area contributed by atoms with Gasteiger partial charge >= 0.3 is 0 Å². The number of hydrogen-bond donors (Lipinski definition) is 0. The fraction of sp³-hybridized carbons (Fsp3) is 0.474. The molecule has 0 atom stereocenters. The molecule has 29 heavy (non-hydrogen) atoms. The van der Waals surface area contributed by atoms with Gasteiger partial charge in [0.25, 0.3) is 0 Å². The van der Waals surface area contributed by atoms with Gasteiger partial charge in [-0.25, -0.2) is 13.4 Å². The Morgan fingerprint density at radius 3 is 2.31 bits per heavy atom. The summed E-state index contributed by atoms with van der Waals surface area (Å²) in [4.78, 5) is 10.9. The maximum Gasteiger partial charge on any atom is 0.243 e. The summed E-state index contributed by atoms with van der Waals surface area (Å²) in [5.74, 6) is 2.75. The van der Waals surface area contributed by atoms with Crippen LogP contribution in [-0.2, 0) is 10.0 Å². The minimum absolute atomic E-state index is 0.181. The Morgan fingerprint density at radius 2 is 1.69 bits per heavy atom.